The molecule has 0 bridgehead atoms. The Morgan fingerprint density at radius 1 is 1.27 bits per heavy atom. The molecule has 0 unspecified atom stereocenters. The van der Waals surface area contributed by atoms with Crippen molar-refractivity contribution in [2.75, 3.05) is 31.5 Å². The van der Waals surface area contributed by atoms with Gasteiger partial charge in [0.1, 0.15) is 0 Å². The lowest BCUT2D eigenvalue weighted by molar-refractivity contribution is 0.278. The molecule has 1 N–H and O–H groups in total. The summed E-state index contributed by atoms with van der Waals surface area (Å²) in [4.78, 5) is 8.88. The maximum absolute atomic E-state index is 5.54. The van der Waals surface area contributed by atoms with Gasteiger partial charge < -0.3 is 10.2 Å². The number of hydrogen-bond acceptors (Lipinski definition) is 4. The van der Waals surface area contributed by atoms with Crippen molar-refractivity contribution in [1.29, 1.82) is 0 Å². The molecule has 3 heterocycles. The van der Waals surface area contributed by atoms with Gasteiger partial charge in [-0.2, -0.15) is 11.3 Å². The predicted octanol–water partition coefficient (Wildman–Crippen LogP) is 3.05. The highest BCUT2D eigenvalue weighted by Crippen LogP contribution is 2.13. The first kappa shape index (κ1) is 15.4. The van der Waals surface area contributed by atoms with Gasteiger partial charge in [-0.1, -0.05) is 0 Å². The Bertz CT molecular complexity index is 585. The summed E-state index contributed by atoms with van der Waals surface area (Å²) in [5.74, 6) is 0. The zero-order chi connectivity index (χ0) is 15.2. The highest BCUT2D eigenvalue weighted by molar-refractivity contribution is 7.80. The molecule has 0 radical (unpaired) electrons. The number of nitrogens with zero attached hydrogens (tertiary/aromatic N) is 3. The van der Waals surface area contributed by atoms with E-state index in [2.05, 4.69) is 36.9 Å². The molecule has 2 aromatic rings. The van der Waals surface area contributed by atoms with Gasteiger partial charge >= 0.3 is 0 Å². The summed E-state index contributed by atoms with van der Waals surface area (Å²) < 4.78 is 0. The molecule has 0 saturated carbocycles. The number of pyridine rings is 1. The third-order valence-electron chi connectivity index (χ3n) is 3.77. The van der Waals surface area contributed by atoms with Gasteiger partial charge in [0.15, 0.2) is 5.11 Å². The van der Waals surface area contributed by atoms with Crippen LogP contribution < -0.4 is 5.32 Å². The quantitative estimate of drug-likeness (QED) is 0.873. The number of nitrogens with one attached hydrogen (secondary N) is 1. The van der Waals surface area contributed by atoms with E-state index in [9.17, 15) is 0 Å². The lowest BCUT2D eigenvalue weighted by atomic mass is 10.3. The molecule has 1 aliphatic heterocycles. The van der Waals surface area contributed by atoms with Crippen molar-refractivity contribution >= 4 is 34.4 Å². The smallest absolute Gasteiger partial charge is 0.173 e. The molecule has 4 nitrogen and oxygen atoms in total. The zero-order valence-electron chi connectivity index (χ0n) is 12.4. The average molecular weight is 332 g/mol. The molecule has 22 heavy (non-hydrogen) atoms. The second kappa shape index (κ2) is 7.67. The predicted molar refractivity (Wildman–Crippen MR) is 96.2 cm³/mol. The first-order valence-corrected chi connectivity index (χ1v) is 8.86. The third-order valence-corrected chi connectivity index (χ3v) is 4.87. The largest absolute Gasteiger partial charge is 0.348 e. The van der Waals surface area contributed by atoms with E-state index in [0.717, 1.165) is 49.9 Å². The van der Waals surface area contributed by atoms with E-state index in [0.29, 0.717) is 0 Å². The summed E-state index contributed by atoms with van der Waals surface area (Å²) >= 11 is 7.31. The van der Waals surface area contributed by atoms with Crippen LogP contribution >= 0.6 is 23.6 Å². The lowest BCUT2D eigenvalue weighted by Crippen LogP contribution is -2.37. The SMILES string of the molecule is S=C(Nc1cccnc1)N1CCCN(Cc2ccsc2)CC1. The number of aromatic nitrogens is 1. The Kier molecular flexibility index (Phi) is 5.37. The Hall–Kier alpha value is -1.50. The highest BCUT2D eigenvalue weighted by atomic mass is 32.1. The fraction of sp³-hybridized carbons (Fsp3) is 0.375. The molecule has 0 atom stereocenters. The average Bonchev–Trinajstić information content (AvgIpc) is 2.92. The van der Waals surface area contributed by atoms with Crippen LogP contribution in [-0.2, 0) is 6.54 Å². The first-order chi connectivity index (χ1) is 10.8. The van der Waals surface area contributed by atoms with Crippen LogP contribution in [0.4, 0.5) is 5.69 Å². The first-order valence-electron chi connectivity index (χ1n) is 7.50. The van der Waals surface area contributed by atoms with E-state index in [4.69, 9.17) is 12.2 Å². The molecular weight excluding hydrogens is 312 g/mol. The molecule has 0 aromatic carbocycles. The molecule has 116 valence electrons. The zero-order valence-corrected chi connectivity index (χ0v) is 14.1. The molecule has 1 saturated heterocycles. The van der Waals surface area contributed by atoms with E-state index in [-0.39, 0.29) is 0 Å². The standard InChI is InChI=1S/C16H20N4S2/c21-16(18-15-3-1-5-17-11-15)20-7-2-6-19(8-9-20)12-14-4-10-22-13-14/h1,3-5,10-11,13H,2,6-9,12H2,(H,18,21). The van der Waals surface area contributed by atoms with Crippen LogP contribution in [0.25, 0.3) is 0 Å². The van der Waals surface area contributed by atoms with Crippen molar-refractivity contribution in [3.8, 4) is 0 Å². The van der Waals surface area contributed by atoms with E-state index < -0.39 is 0 Å². The minimum atomic E-state index is 0.797. The van der Waals surface area contributed by atoms with Gasteiger partial charge in [0.05, 0.1) is 11.9 Å². The summed E-state index contributed by atoms with van der Waals surface area (Å²) in [6.07, 6.45) is 4.70. The van der Waals surface area contributed by atoms with Crippen LogP contribution in [0.3, 0.4) is 0 Å². The molecule has 1 aliphatic rings. The Labute approximate surface area is 140 Å². The van der Waals surface area contributed by atoms with E-state index in [1.807, 2.05) is 12.1 Å². The third kappa shape index (κ3) is 4.25. The van der Waals surface area contributed by atoms with Crippen LogP contribution in [0.1, 0.15) is 12.0 Å². The van der Waals surface area contributed by atoms with Crippen LogP contribution in [-0.4, -0.2) is 46.1 Å². The molecule has 3 rings (SSSR count). The molecule has 1 fully saturated rings. The minimum Gasteiger partial charge on any atom is -0.348 e. The van der Waals surface area contributed by atoms with Gasteiger partial charge in [0, 0.05) is 38.9 Å². The Morgan fingerprint density at radius 3 is 3.00 bits per heavy atom. The summed E-state index contributed by atoms with van der Waals surface area (Å²) in [7, 11) is 0. The Morgan fingerprint density at radius 2 is 2.23 bits per heavy atom. The maximum atomic E-state index is 5.54. The molecule has 2 aromatic heterocycles. The highest BCUT2D eigenvalue weighted by Gasteiger charge is 2.17. The van der Waals surface area contributed by atoms with Gasteiger partial charge in [-0.05, 0) is 53.2 Å². The molecule has 6 heteroatoms. The molecule has 0 aliphatic carbocycles. The van der Waals surface area contributed by atoms with Crippen molar-refractivity contribution in [1.82, 2.24) is 14.8 Å². The van der Waals surface area contributed by atoms with Gasteiger partial charge in [-0.25, -0.2) is 0 Å². The summed E-state index contributed by atoms with van der Waals surface area (Å²) in [6.45, 7) is 5.19. The second-order valence-corrected chi connectivity index (χ2v) is 6.59. The summed E-state index contributed by atoms with van der Waals surface area (Å²) in [5, 5.41) is 8.45. The fourth-order valence-electron chi connectivity index (χ4n) is 2.61. The normalized spacial score (nSPS) is 16.3. The van der Waals surface area contributed by atoms with Gasteiger partial charge in [0.25, 0.3) is 0 Å². The second-order valence-electron chi connectivity index (χ2n) is 5.42. The molecule has 0 spiro atoms. The lowest BCUT2D eigenvalue weighted by Gasteiger charge is -2.24. The van der Waals surface area contributed by atoms with E-state index >= 15 is 0 Å². The van der Waals surface area contributed by atoms with Gasteiger partial charge in [-0.15, -0.1) is 0 Å². The number of thiophene rings is 1. The monoisotopic (exact) mass is 332 g/mol. The van der Waals surface area contributed by atoms with Crippen molar-refractivity contribution in [3.05, 3.63) is 46.9 Å². The van der Waals surface area contributed by atoms with Crippen molar-refractivity contribution in [2.45, 2.75) is 13.0 Å². The molecule has 0 amide bonds. The number of hydrogen-bond donors (Lipinski definition) is 1. The van der Waals surface area contributed by atoms with Gasteiger partial charge in [0.2, 0.25) is 0 Å². The topological polar surface area (TPSA) is 31.4 Å². The number of thiocarbonyl (C=S) groups is 1. The Balaban J connectivity index is 1.52. The van der Waals surface area contributed by atoms with Crippen LogP contribution in [0, 0.1) is 0 Å². The van der Waals surface area contributed by atoms with Crippen LogP contribution in [0.5, 0.6) is 0 Å². The number of anilines is 1. The van der Waals surface area contributed by atoms with E-state index in [1.54, 1.807) is 23.7 Å². The van der Waals surface area contributed by atoms with Crippen molar-refractivity contribution in [3.63, 3.8) is 0 Å². The molecular formula is C16H20N4S2. The minimum absolute atomic E-state index is 0.797. The van der Waals surface area contributed by atoms with E-state index in [1.165, 1.54) is 5.56 Å². The van der Waals surface area contributed by atoms with Crippen molar-refractivity contribution < 1.29 is 0 Å². The summed E-state index contributed by atoms with van der Waals surface area (Å²) in [5.41, 5.74) is 2.36. The van der Waals surface area contributed by atoms with Crippen molar-refractivity contribution in [2.24, 2.45) is 0 Å². The summed E-state index contributed by atoms with van der Waals surface area (Å²) in [6, 6.07) is 6.11. The van der Waals surface area contributed by atoms with Crippen LogP contribution in [0.15, 0.2) is 41.4 Å². The number of rotatable bonds is 3. The van der Waals surface area contributed by atoms with Crippen LogP contribution in [0.2, 0.25) is 0 Å². The maximum Gasteiger partial charge on any atom is 0.173 e. The van der Waals surface area contributed by atoms with Gasteiger partial charge in [-0.3, -0.25) is 9.88 Å². The fourth-order valence-corrected chi connectivity index (χ4v) is 3.57.